The fraction of sp³-hybridized carbons (Fsp3) is 0.235. The number of carbonyl (C=O) groups is 1. The topological polar surface area (TPSA) is 59.2 Å². The van der Waals surface area contributed by atoms with E-state index in [-0.39, 0.29) is 11.8 Å². The van der Waals surface area contributed by atoms with E-state index in [1.54, 1.807) is 16.2 Å². The molecule has 1 amide bonds. The van der Waals surface area contributed by atoms with Crippen molar-refractivity contribution in [2.45, 2.75) is 19.3 Å². The molecule has 116 valence electrons. The van der Waals surface area contributed by atoms with E-state index in [2.05, 4.69) is 10.1 Å². The number of amides is 1. The third kappa shape index (κ3) is 2.66. The van der Waals surface area contributed by atoms with E-state index in [9.17, 15) is 4.79 Å². The van der Waals surface area contributed by atoms with Crippen molar-refractivity contribution in [3.8, 4) is 11.5 Å². The Balaban J connectivity index is 1.55. The van der Waals surface area contributed by atoms with Crippen molar-refractivity contribution in [3.05, 3.63) is 52.5 Å². The van der Waals surface area contributed by atoms with Gasteiger partial charge in [0, 0.05) is 30.0 Å². The summed E-state index contributed by atoms with van der Waals surface area (Å²) in [5, 5.41) is 8.01. The van der Waals surface area contributed by atoms with Gasteiger partial charge in [-0.2, -0.15) is 16.3 Å². The molecule has 23 heavy (non-hydrogen) atoms. The number of nitrogens with zero attached hydrogens (tertiary/aromatic N) is 3. The summed E-state index contributed by atoms with van der Waals surface area (Å²) in [4.78, 5) is 18.6. The van der Waals surface area contributed by atoms with Crippen LogP contribution in [-0.4, -0.2) is 22.6 Å². The van der Waals surface area contributed by atoms with Crippen molar-refractivity contribution in [3.63, 3.8) is 0 Å². The van der Waals surface area contributed by atoms with Crippen LogP contribution in [0.15, 0.2) is 45.6 Å². The number of benzene rings is 1. The van der Waals surface area contributed by atoms with E-state index >= 15 is 0 Å². The zero-order valence-electron chi connectivity index (χ0n) is 12.6. The Morgan fingerprint density at radius 2 is 2.09 bits per heavy atom. The summed E-state index contributed by atoms with van der Waals surface area (Å²) in [5.74, 6) is 1.19. The first-order chi connectivity index (χ1) is 11.2. The molecule has 1 saturated heterocycles. The van der Waals surface area contributed by atoms with Gasteiger partial charge in [-0.3, -0.25) is 4.79 Å². The molecule has 5 nitrogen and oxygen atoms in total. The lowest BCUT2D eigenvalue weighted by molar-refractivity contribution is -0.117. The Bertz CT molecular complexity index is 824. The van der Waals surface area contributed by atoms with E-state index in [4.69, 9.17) is 4.52 Å². The van der Waals surface area contributed by atoms with Gasteiger partial charge in [-0.15, -0.1) is 0 Å². The summed E-state index contributed by atoms with van der Waals surface area (Å²) < 4.78 is 5.33. The van der Waals surface area contributed by atoms with Crippen molar-refractivity contribution < 1.29 is 9.32 Å². The molecule has 0 radical (unpaired) electrons. The summed E-state index contributed by atoms with van der Waals surface area (Å²) in [6.07, 6.45) is 0.413. The molecule has 0 spiro atoms. The van der Waals surface area contributed by atoms with Crippen LogP contribution in [0.1, 0.15) is 23.7 Å². The summed E-state index contributed by atoms with van der Waals surface area (Å²) in [7, 11) is 0. The van der Waals surface area contributed by atoms with Crippen LogP contribution in [0.4, 0.5) is 5.69 Å². The molecule has 1 aromatic carbocycles. The molecule has 0 N–H and O–H groups in total. The summed E-state index contributed by atoms with van der Waals surface area (Å²) in [6.45, 7) is 2.62. The number of carbonyl (C=O) groups excluding carboxylic acids is 1. The van der Waals surface area contributed by atoms with Crippen LogP contribution in [-0.2, 0) is 4.79 Å². The minimum absolute atomic E-state index is 0.0278. The molecular formula is C17H15N3O2S. The first kappa shape index (κ1) is 14.1. The Hall–Kier alpha value is -2.47. The smallest absolute Gasteiger partial charge is 0.258 e. The van der Waals surface area contributed by atoms with E-state index in [0.717, 1.165) is 11.3 Å². The fourth-order valence-corrected chi connectivity index (χ4v) is 3.39. The van der Waals surface area contributed by atoms with Gasteiger partial charge in [0.25, 0.3) is 5.89 Å². The lowest BCUT2D eigenvalue weighted by atomic mass is 10.1. The molecule has 2 aromatic heterocycles. The number of thiophene rings is 1. The Morgan fingerprint density at radius 3 is 2.83 bits per heavy atom. The second-order valence-electron chi connectivity index (χ2n) is 5.71. The van der Waals surface area contributed by atoms with Crippen LogP contribution >= 0.6 is 11.3 Å². The zero-order valence-corrected chi connectivity index (χ0v) is 13.4. The standard InChI is InChI=1S/C17H15N3O2S/c1-11-2-4-14(5-3-11)20-9-13(8-15(20)21)16-18-17(22-19-16)12-6-7-23-10-12/h2-7,10,13H,8-9H2,1H3/t13-/m0/s1. The average molecular weight is 325 g/mol. The maximum absolute atomic E-state index is 12.3. The Labute approximate surface area is 137 Å². The highest BCUT2D eigenvalue weighted by atomic mass is 32.1. The first-order valence-electron chi connectivity index (χ1n) is 7.44. The number of aryl methyl sites for hydroxylation is 1. The fourth-order valence-electron chi connectivity index (χ4n) is 2.76. The maximum atomic E-state index is 12.3. The zero-order chi connectivity index (χ0) is 15.8. The van der Waals surface area contributed by atoms with Crippen molar-refractivity contribution >= 4 is 22.9 Å². The van der Waals surface area contributed by atoms with E-state index in [0.29, 0.717) is 24.7 Å². The van der Waals surface area contributed by atoms with Crippen LogP contribution in [0.3, 0.4) is 0 Å². The van der Waals surface area contributed by atoms with Gasteiger partial charge in [-0.25, -0.2) is 0 Å². The number of hydrogen-bond acceptors (Lipinski definition) is 5. The molecule has 3 aromatic rings. The Morgan fingerprint density at radius 1 is 1.26 bits per heavy atom. The summed E-state index contributed by atoms with van der Waals surface area (Å²) in [6, 6.07) is 9.92. The van der Waals surface area contributed by atoms with Crippen molar-refractivity contribution in [2.75, 3.05) is 11.4 Å². The highest BCUT2D eigenvalue weighted by molar-refractivity contribution is 7.08. The normalized spacial score (nSPS) is 17.9. The van der Waals surface area contributed by atoms with Gasteiger partial charge in [0.1, 0.15) is 0 Å². The van der Waals surface area contributed by atoms with E-state index in [1.807, 2.05) is 48.0 Å². The number of hydrogen-bond donors (Lipinski definition) is 0. The number of aromatic nitrogens is 2. The molecule has 0 saturated carbocycles. The third-order valence-electron chi connectivity index (χ3n) is 4.05. The predicted octanol–water partition coefficient (Wildman–Crippen LogP) is 3.63. The van der Waals surface area contributed by atoms with Gasteiger partial charge in [0.2, 0.25) is 5.91 Å². The molecule has 0 unspecified atom stereocenters. The van der Waals surface area contributed by atoms with Crippen molar-refractivity contribution in [1.82, 2.24) is 10.1 Å². The monoisotopic (exact) mass is 325 g/mol. The van der Waals surface area contributed by atoms with Gasteiger partial charge in [-0.1, -0.05) is 22.9 Å². The lowest BCUT2D eigenvalue weighted by Crippen LogP contribution is -2.24. The molecule has 4 rings (SSSR count). The number of rotatable bonds is 3. The number of anilines is 1. The van der Waals surface area contributed by atoms with Crippen LogP contribution in [0.5, 0.6) is 0 Å². The van der Waals surface area contributed by atoms with Gasteiger partial charge < -0.3 is 9.42 Å². The molecule has 1 atom stereocenters. The minimum atomic E-state index is -0.0278. The largest absolute Gasteiger partial charge is 0.334 e. The van der Waals surface area contributed by atoms with Gasteiger partial charge in [0.15, 0.2) is 5.82 Å². The highest BCUT2D eigenvalue weighted by Gasteiger charge is 2.34. The average Bonchev–Trinajstić information content (AvgIpc) is 3.27. The van der Waals surface area contributed by atoms with Gasteiger partial charge >= 0.3 is 0 Å². The first-order valence-corrected chi connectivity index (χ1v) is 8.38. The van der Waals surface area contributed by atoms with Crippen LogP contribution < -0.4 is 4.90 Å². The molecular weight excluding hydrogens is 310 g/mol. The SMILES string of the molecule is Cc1ccc(N2C[C@@H](c3noc(-c4ccsc4)n3)CC2=O)cc1. The second kappa shape index (κ2) is 5.62. The minimum Gasteiger partial charge on any atom is -0.334 e. The van der Waals surface area contributed by atoms with E-state index in [1.165, 1.54) is 5.56 Å². The molecule has 1 aliphatic rings. The molecule has 6 heteroatoms. The molecule has 0 bridgehead atoms. The Kier molecular flexibility index (Phi) is 3.46. The quantitative estimate of drug-likeness (QED) is 0.738. The van der Waals surface area contributed by atoms with Crippen LogP contribution in [0.2, 0.25) is 0 Å². The molecule has 1 aliphatic heterocycles. The summed E-state index contributed by atoms with van der Waals surface area (Å²) in [5.41, 5.74) is 3.02. The van der Waals surface area contributed by atoms with E-state index < -0.39 is 0 Å². The second-order valence-corrected chi connectivity index (χ2v) is 6.49. The van der Waals surface area contributed by atoms with Crippen LogP contribution in [0.25, 0.3) is 11.5 Å². The van der Waals surface area contributed by atoms with Crippen molar-refractivity contribution in [1.29, 1.82) is 0 Å². The molecule has 1 fully saturated rings. The molecule has 0 aliphatic carbocycles. The van der Waals surface area contributed by atoms with Crippen LogP contribution in [0, 0.1) is 6.92 Å². The van der Waals surface area contributed by atoms with Gasteiger partial charge in [-0.05, 0) is 30.5 Å². The van der Waals surface area contributed by atoms with Crippen molar-refractivity contribution in [2.24, 2.45) is 0 Å². The highest BCUT2D eigenvalue weighted by Crippen LogP contribution is 2.31. The summed E-state index contributed by atoms with van der Waals surface area (Å²) >= 11 is 1.58. The predicted molar refractivity (Wildman–Crippen MR) is 88.5 cm³/mol. The van der Waals surface area contributed by atoms with Gasteiger partial charge in [0.05, 0.1) is 5.56 Å². The molecule has 3 heterocycles. The third-order valence-corrected chi connectivity index (χ3v) is 4.73. The maximum Gasteiger partial charge on any atom is 0.258 e. The lowest BCUT2D eigenvalue weighted by Gasteiger charge is -2.16.